The Labute approximate surface area is 731 Å². The molecule has 3 heterocycles. The van der Waals surface area contributed by atoms with Crippen LogP contribution in [0, 0.1) is 0 Å². The van der Waals surface area contributed by atoms with Gasteiger partial charge >= 0.3 is 59.7 Å². The summed E-state index contributed by atoms with van der Waals surface area (Å²) in [6.45, 7) is 8.58. The standard InChI is InChI=1S/C78H121N7O42/c1-43(86)81-65-68(125-59(37-116-46(4)89)70(119-49(7)92)73(65)122-52(10)95)57(98)35-110-28-23-107-26-31-113-40-62(100)79-19-15-13-17-55(84-64(102)42-114-32-27-108-24-29-111-36-58(99)69-66(82-44(2)87)74(123-53(11)96)71(120-50(8)93)60(126-69)38-117-47(5)90)76(103)85-56(77(104)105)18-14-16-20-80-63(101)41-112-30-25-106-21-22-109-33-34-115-78-67(83-45(3)88)75(124-54(12)97)72(121-51(9)94)61(127-78)39-118-48(6)91/h55-56,59-61,65-75,78H,13-42H2,1-12H3,(H,79,100)(H,80,101)(H,81,86)(H,82,87)(H,83,88)(H,84,102)(H,85,103)(H,104,105)/t55-,56-,59+,60+,61+,65-,66-,67+,68-,69-,70-,71-,72-,73+,74+,75+,78+/m0/s1. The van der Waals surface area contributed by atoms with E-state index in [9.17, 15) is 96.2 Å². The molecule has 720 valence electrons. The second-order valence-electron chi connectivity index (χ2n) is 28.5. The van der Waals surface area contributed by atoms with Gasteiger partial charge in [0.05, 0.1) is 92.5 Å². The quantitative estimate of drug-likeness (QED) is 0.0161. The van der Waals surface area contributed by atoms with Gasteiger partial charge in [-0.2, -0.15) is 0 Å². The maximum absolute atomic E-state index is 13.8. The Morgan fingerprint density at radius 3 is 0.929 bits per heavy atom. The second kappa shape index (κ2) is 62.1. The first-order chi connectivity index (χ1) is 60.3. The van der Waals surface area contributed by atoms with Crippen LogP contribution in [0.4, 0.5) is 0 Å². The Balaban J connectivity index is 1.51. The van der Waals surface area contributed by atoms with Crippen LogP contribution >= 0.6 is 0 Å². The topological polar surface area (TPSA) is 632 Å². The van der Waals surface area contributed by atoms with Gasteiger partial charge in [-0.15, -0.1) is 0 Å². The Bertz CT molecular complexity index is 3570. The molecule has 3 rings (SSSR count). The molecule has 0 aromatic carbocycles. The molecular formula is C78H121N7O42. The number of ketones is 2. The highest BCUT2D eigenvalue weighted by atomic mass is 16.7. The molecule has 17 atom stereocenters. The van der Waals surface area contributed by atoms with Gasteiger partial charge in [-0.05, 0) is 38.5 Å². The van der Waals surface area contributed by atoms with Gasteiger partial charge in [-0.3, -0.25) is 86.3 Å². The van der Waals surface area contributed by atoms with E-state index in [4.69, 9.17) is 104 Å². The van der Waals surface area contributed by atoms with E-state index in [1.54, 1.807) is 0 Å². The van der Waals surface area contributed by atoms with Crippen molar-refractivity contribution in [3.8, 4) is 0 Å². The summed E-state index contributed by atoms with van der Waals surface area (Å²) in [5.74, 6) is -14.5. The lowest BCUT2D eigenvalue weighted by Crippen LogP contribution is -2.68. The monoisotopic (exact) mass is 1830 g/mol. The fourth-order valence-corrected chi connectivity index (χ4v) is 12.5. The fraction of sp³-hybridized carbons (Fsp3) is 0.756. The number of esters is 9. The summed E-state index contributed by atoms with van der Waals surface area (Å²) in [5.41, 5.74) is 0. The van der Waals surface area contributed by atoms with Gasteiger partial charge in [-0.1, -0.05) is 0 Å². The summed E-state index contributed by atoms with van der Waals surface area (Å²) < 4.78 is 121. The number of carboxylic acid groups (broad SMARTS) is 1. The molecule has 49 heteroatoms. The van der Waals surface area contributed by atoms with Crippen LogP contribution in [0.3, 0.4) is 0 Å². The van der Waals surface area contributed by atoms with Crippen LogP contribution in [-0.4, -0.2) is 380 Å². The van der Waals surface area contributed by atoms with Crippen LogP contribution < -0.4 is 37.2 Å². The predicted molar refractivity (Wildman–Crippen MR) is 421 cm³/mol. The summed E-state index contributed by atoms with van der Waals surface area (Å²) in [6, 6.07) is -6.71. The summed E-state index contributed by atoms with van der Waals surface area (Å²) in [6.07, 6.45) is -15.8. The molecule has 3 fully saturated rings. The van der Waals surface area contributed by atoms with E-state index in [0.717, 1.165) is 76.2 Å². The molecule has 127 heavy (non-hydrogen) atoms. The number of Topliss-reactive ketones (excluding diaryl/α,β-unsaturated/α-hetero) is 2. The summed E-state index contributed by atoms with van der Waals surface area (Å²) >= 11 is 0. The Kier molecular flexibility index (Phi) is 54.3. The molecule has 0 aliphatic carbocycles. The van der Waals surface area contributed by atoms with Crippen molar-refractivity contribution < 1.29 is 200 Å². The molecule has 0 saturated carbocycles. The molecule has 8 N–H and O–H groups in total. The molecule has 7 amide bonds. The average molecular weight is 1830 g/mol. The van der Waals surface area contributed by atoms with Gasteiger partial charge in [0, 0.05) is 96.2 Å². The highest BCUT2D eigenvalue weighted by Crippen LogP contribution is 2.32. The first-order valence-corrected chi connectivity index (χ1v) is 40.7. The lowest BCUT2D eigenvalue weighted by molar-refractivity contribution is -0.279. The molecule has 49 nitrogen and oxygen atoms in total. The van der Waals surface area contributed by atoms with Crippen molar-refractivity contribution in [2.45, 2.75) is 225 Å². The molecule has 0 bridgehead atoms. The molecule has 3 aliphatic rings. The third kappa shape index (κ3) is 46.9. The van der Waals surface area contributed by atoms with Crippen LogP contribution in [-0.2, 0) is 195 Å². The van der Waals surface area contributed by atoms with Crippen molar-refractivity contribution >= 4 is 113 Å². The molecule has 0 radical (unpaired) electrons. The van der Waals surface area contributed by atoms with Crippen molar-refractivity contribution in [2.24, 2.45) is 0 Å². The van der Waals surface area contributed by atoms with Crippen molar-refractivity contribution in [3.63, 3.8) is 0 Å². The number of hydrogen-bond donors (Lipinski definition) is 8. The maximum Gasteiger partial charge on any atom is 0.326 e. The molecule has 3 aliphatic heterocycles. The zero-order valence-electron chi connectivity index (χ0n) is 73.2. The van der Waals surface area contributed by atoms with E-state index in [0.29, 0.717) is 0 Å². The third-order valence-electron chi connectivity index (χ3n) is 17.6. The molecule has 3 saturated heterocycles. The number of unbranched alkanes of at least 4 members (excludes halogenated alkanes) is 2. The van der Waals surface area contributed by atoms with Gasteiger partial charge in [-0.25, -0.2) is 4.79 Å². The minimum absolute atomic E-state index is 0.0118. The van der Waals surface area contributed by atoms with Crippen molar-refractivity contribution in [1.82, 2.24) is 37.2 Å². The fourth-order valence-electron chi connectivity index (χ4n) is 12.5. The highest BCUT2D eigenvalue weighted by Gasteiger charge is 2.56. The van der Waals surface area contributed by atoms with Gasteiger partial charge < -0.3 is 147 Å². The first-order valence-electron chi connectivity index (χ1n) is 40.7. The van der Waals surface area contributed by atoms with Crippen LogP contribution in [0.15, 0.2) is 0 Å². The third-order valence-corrected chi connectivity index (χ3v) is 17.6. The molecule has 0 spiro atoms. The average Bonchev–Trinajstić information content (AvgIpc) is 0.788. The van der Waals surface area contributed by atoms with Gasteiger partial charge in [0.25, 0.3) is 0 Å². The van der Waals surface area contributed by atoms with Crippen LogP contribution in [0.2, 0.25) is 0 Å². The number of rotatable bonds is 63. The smallest absolute Gasteiger partial charge is 0.326 e. The van der Waals surface area contributed by atoms with Crippen molar-refractivity contribution in [2.75, 3.05) is 158 Å². The van der Waals surface area contributed by atoms with Crippen molar-refractivity contribution in [1.29, 1.82) is 0 Å². The largest absolute Gasteiger partial charge is 0.480 e. The first kappa shape index (κ1) is 111. The van der Waals surface area contributed by atoms with E-state index in [-0.39, 0.29) is 151 Å². The van der Waals surface area contributed by atoms with Crippen molar-refractivity contribution in [3.05, 3.63) is 0 Å². The molecule has 0 aromatic rings. The van der Waals surface area contributed by atoms with Gasteiger partial charge in [0.1, 0.15) is 114 Å². The highest BCUT2D eigenvalue weighted by molar-refractivity contribution is 5.91. The van der Waals surface area contributed by atoms with E-state index >= 15 is 0 Å². The van der Waals surface area contributed by atoms with E-state index in [1.807, 2.05) is 0 Å². The number of ether oxygens (including phenoxy) is 22. The Morgan fingerprint density at radius 2 is 0.598 bits per heavy atom. The number of carbonyl (C=O) groups is 19. The zero-order chi connectivity index (χ0) is 94.5. The van der Waals surface area contributed by atoms with E-state index in [2.05, 4.69) is 37.2 Å². The predicted octanol–water partition coefficient (Wildman–Crippen LogP) is -5.03. The number of carboxylic acids is 1. The van der Waals surface area contributed by atoms with Crippen LogP contribution in [0.25, 0.3) is 0 Å². The molecule has 0 unspecified atom stereocenters. The lowest BCUT2D eigenvalue weighted by Gasteiger charge is -2.44. The minimum Gasteiger partial charge on any atom is -0.480 e. The van der Waals surface area contributed by atoms with E-state index < -0.39 is 263 Å². The Morgan fingerprint density at radius 1 is 0.307 bits per heavy atom. The second-order valence-corrected chi connectivity index (χ2v) is 28.5. The number of carbonyl (C=O) groups excluding carboxylic acids is 18. The SMILES string of the molecule is CC(=O)N[C@@H]1[C@@H](OC(C)=O)[C@@H](OC(C)=O)[C@@H](COC(C)=O)O[C@H]1C(=O)COCCOCCOCC(=O)NCCCC[C@H](NC(=O)COCCOCCOCC(=O)[C@@H]1O[C@H](COC(C)=O)[C@H](OC(C)=O)[C@H](OC(C)=O)[C@H]1NC(C)=O)C(=O)N[C@@H](CCCCNC(=O)COCCOCCOCCO[C@@H]1O[C@H](COC(C)=O)[C@H](OC(C)=O)[C@H](OC(C)=O)[C@H]1NC(C)=O)C(=O)O. The number of nitrogens with one attached hydrogen (secondary N) is 7. The van der Waals surface area contributed by atoms with Crippen LogP contribution in [0.5, 0.6) is 0 Å². The lowest BCUT2D eigenvalue weighted by atomic mass is 9.90. The number of aliphatic carboxylic acids is 1. The van der Waals surface area contributed by atoms with Crippen LogP contribution in [0.1, 0.15) is 122 Å². The van der Waals surface area contributed by atoms with E-state index in [1.165, 1.54) is 6.92 Å². The number of amides is 7. The molecular weight excluding hydrogens is 1710 g/mol. The normalized spacial score (nSPS) is 22.3. The number of hydrogen-bond acceptors (Lipinski definition) is 41. The maximum atomic E-state index is 13.8. The van der Waals surface area contributed by atoms with Gasteiger partial charge in [0.15, 0.2) is 54.5 Å². The minimum atomic E-state index is -1.57. The van der Waals surface area contributed by atoms with Gasteiger partial charge in [0.2, 0.25) is 41.4 Å². The summed E-state index contributed by atoms with van der Waals surface area (Å²) in [5, 5.41) is 28.1. The molecule has 0 aromatic heterocycles. The zero-order valence-corrected chi connectivity index (χ0v) is 73.2. The summed E-state index contributed by atoms with van der Waals surface area (Å²) in [7, 11) is 0. The summed E-state index contributed by atoms with van der Waals surface area (Å²) in [4.78, 5) is 237. The Hall–Kier alpha value is -10.2.